The molecule has 10 rings (SSSR count). The number of aldehydes is 1. The molecule has 0 fully saturated rings. The first-order valence-corrected chi connectivity index (χ1v) is 39.1. The summed E-state index contributed by atoms with van der Waals surface area (Å²) < 4.78 is 50.5. The molecule has 6 atom stereocenters. The van der Waals surface area contributed by atoms with Crippen molar-refractivity contribution >= 4 is 118 Å². The van der Waals surface area contributed by atoms with Gasteiger partial charge in [0, 0.05) is 146 Å². The number of aromatic nitrogens is 6. The van der Waals surface area contributed by atoms with Gasteiger partial charge in [0.05, 0.1) is 71.9 Å². The van der Waals surface area contributed by atoms with Crippen molar-refractivity contribution in [1.29, 1.82) is 10.5 Å². The molecular weight excluding hydrogens is 1790 g/mol. The van der Waals surface area contributed by atoms with E-state index < -0.39 is 40.8 Å². The number of aliphatic hydroxyl groups is 2. The van der Waals surface area contributed by atoms with E-state index in [1.165, 1.54) is 24.8 Å². The monoisotopic (exact) mass is 1890 g/mol. The molecule has 4 aliphatic heterocycles. The van der Waals surface area contributed by atoms with Crippen LogP contribution in [0.25, 0.3) is 0 Å². The third kappa shape index (κ3) is 39.5. The molecular formula is C77H107Br4Cl2N14NaO16. The van der Waals surface area contributed by atoms with Gasteiger partial charge in [0.15, 0.2) is 6.29 Å². The number of amides is 2. The maximum absolute atomic E-state index is 12.3. The quantitative estimate of drug-likeness (QED) is 0.0296. The Labute approximate surface area is 736 Å². The number of halogens is 6. The number of nitrogens with one attached hydrogen (secondary N) is 3. The summed E-state index contributed by atoms with van der Waals surface area (Å²) in [6.45, 7) is 37.8. The van der Waals surface area contributed by atoms with Crippen LogP contribution in [0.3, 0.4) is 0 Å². The predicted molar refractivity (Wildman–Crippen MR) is 444 cm³/mol. The number of nitrogens with zero attached hydrogens (tertiary/aromatic N) is 10. The van der Waals surface area contributed by atoms with Gasteiger partial charge in [-0.2, -0.15) is 10.5 Å². The third-order valence-electron chi connectivity index (χ3n) is 14.3. The molecule has 0 aromatic carbocycles. The minimum atomic E-state index is -1.06. The topological polar surface area (TPSA) is 402 Å². The van der Waals surface area contributed by atoms with E-state index in [2.05, 4.69) is 133 Å². The van der Waals surface area contributed by atoms with E-state index in [1.54, 1.807) is 102 Å². The minimum absolute atomic E-state index is 0. The van der Waals surface area contributed by atoms with E-state index in [1.807, 2.05) is 75.4 Å². The minimum Gasteiger partial charge on any atom is -1.00 e. The van der Waals surface area contributed by atoms with Gasteiger partial charge in [-0.3, -0.25) is 44.5 Å². The van der Waals surface area contributed by atoms with E-state index in [-0.39, 0.29) is 81.9 Å². The molecule has 0 saturated carbocycles. The zero-order chi connectivity index (χ0) is 84.4. The van der Waals surface area contributed by atoms with Crippen LogP contribution >= 0.6 is 86.9 Å². The zero-order valence-corrected chi connectivity index (χ0v) is 77.0. The second kappa shape index (κ2) is 51.5. The second-order valence-corrected chi connectivity index (χ2v) is 33.6. The summed E-state index contributed by atoms with van der Waals surface area (Å²) in [6.07, 6.45) is 17.5. The summed E-state index contributed by atoms with van der Waals surface area (Å²) in [6, 6.07) is 4.61. The van der Waals surface area contributed by atoms with Crippen molar-refractivity contribution in [3.8, 4) is 35.1 Å². The van der Waals surface area contributed by atoms with E-state index in [9.17, 15) is 24.0 Å². The molecule has 624 valence electrons. The van der Waals surface area contributed by atoms with Crippen molar-refractivity contribution in [3.05, 3.63) is 147 Å². The van der Waals surface area contributed by atoms with Gasteiger partial charge in [-0.15, -0.1) is 0 Å². The predicted octanol–water partition coefficient (Wildman–Crippen LogP) is 12.6. The Morgan fingerprint density at radius 1 is 0.570 bits per heavy atom. The number of pyridine rings is 6. The molecule has 7 N–H and O–H groups in total. The van der Waals surface area contributed by atoms with Gasteiger partial charge in [0.25, 0.3) is 0 Å². The van der Waals surface area contributed by atoms with Crippen LogP contribution in [0.5, 0.6) is 23.0 Å². The van der Waals surface area contributed by atoms with Crippen LogP contribution in [0.2, 0.25) is 10.0 Å². The molecule has 6 aromatic rings. The smallest absolute Gasteiger partial charge is 1.00 e. The standard InChI is InChI=1S/C15H19N3O3.C14H19BrN2O3.C10H11N3O.C10H18O5.C9H12BrClN2O.C9H11BrN2O.C6H3BrClNO.C3H9NO.CH4.Na.H/c1-10-9-20-13-11(5-16)6-17-7-12(13)8-18(10)14(19)21-15(2,3)4;1-9-8-19-12-10(5-16-6-11(12)15)7-17(9)13(18)20-14(2,3)4;1-7-6-14-10-8(2-11)3-12-4-9(10)5-13-7;1-9(2,3)14-7(11)13-8(12)15-10(4,5)6;1-6(5-14)13-3-7-2-12-4-8(10)9(7)11;1-6-5-13-9-7(3-12-6)2-11-4-8(9)10;7-5-2-9-1-4(3-10)6(5)8;1-3(4)2-5;;;/h6-7,10H,8-9H2,1-4H3;5-6,9H,7-8H2,1-4H3;3-4,7,13H,5-6H2,1H3;1-6H3;2,4,6,13-14H,3,5H2,1H3;2,4,6,12H,3,5H2,1H3;1-3H;3,5H,2,4H2,1H3;1H4;;/q;;;;;;;;;+1;-1/t10-;9-;7-;;2*6-;;3-;;;/m111.11.1.../s1. The van der Waals surface area contributed by atoms with Gasteiger partial charge in [0.1, 0.15) is 95.1 Å². The third-order valence-corrected chi connectivity index (χ3v) is 17.9. The second-order valence-electron chi connectivity index (χ2n) is 29.4. The number of rotatable bonds is 6. The molecule has 6 aromatic heterocycles. The summed E-state index contributed by atoms with van der Waals surface area (Å²) in [4.78, 5) is 84.1. The van der Waals surface area contributed by atoms with Crippen molar-refractivity contribution in [2.75, 3.05) is 39.6 Å². The number of aliphatic hydroxyl groups excluding tert-OH is 2. The fourth-order valence-electron chi connectivity index (χ4n) is 8.77. The van der Waals surface area contributed by atoms with Crippen LogP contribution < -0.4 is 70.2 Å². The molecule has 0 bridgehead atoms. The van der Waals surface area contributed by atoms with Gasteiger partial charge in [-0.05, 0) is 188 Å². The first-order chi connectivity index (χ1) is 52.3. The number of fused-ring (bicyclic) bond motifs is 4. The summed E-state index contributed by atoms with van der Waals surface area (Å²) in [5.41, 5.74) is 8.44. The fourth-order valence-corrected chi connectivity index (χ4v) is 10.8. The largest absolute Gasteiger partial charge is 1.00 e. The number of hydrogen-bond donors (Lipinski definition) is 6. The first kappa shape index (κ1) is 105. The van der Waals surface area contributed by atoms with Gasteiger partial charge in [0.2, 0.25) is 0 Å². The van der Waals surface area contributed by atoms with E-state index in [0.29, 0.717) is 119 Å². The zero-order valence-electron chi connectivity index (χ0n) is 68.2. The average molecular weight is 1900 g/mol. The van der Waals surface area contributed by atoms with Gasteiger partial charge in [-0.1, -0.05) is 30.6 Å². The maximum Gasteiger partial charge on any atom is 1.00 e. The van der Waals surface area contributed by atoms with Crippen LogP contribution in [0.1, 0.15) is 183 Å². The van der Waals surface area contributed by atoms with Crippen molar-refractivity contribution in [3.63, 3.8) is 0 Å². The molecule has 2 amide bonds. The van der Waals surface area contributed by atoms with Crippen LogP contribution in [0.15, 0.2) is 92.3 Å². The first-order valence-electron chi connectivity index (χ1n) is 35.2. The maximum atomic E-state index is 12.3. The molecule has 30 nitrogen and oxygen atoms in total. The summed E-state index contributed by atoms with van der Waals surface area (Å²) in [7, 11) is 0. The fraction of sp³-hybridized carbons (Fsp3) is 0.519. The summed E-state index contributed by atoms with van der Waals surface area (Å²) in [5.74, 6) is 2.86. The van der Waals surface area contributed by atoms with Crippen LogP contribution in [-0.2, 0) is 56.4 Å². The van der Waals surface area contributed by atoms with Crippen molar-refractivity contribution in [1.82, 2.24) is 55.7 Å². The average Bonchev–Trinajstić information content (AvgIpc) is 1.71. The molecule has 0 aliphatic carbocycles. The Balaban J connectivity index is 0.00000131. The van der Waals surface area contributed by atoms with E-state index in [4.69, 9.17) is 87.6 Å². The van der Waals surface area contributed by atoms with Crippen LogP contribution in [-0.4, -0.2) is 179 Å². The van der Waals surface area contributed by atoms with Gasteiger partial charge >= 0.3 is 54.1 Å². The van der Waals surface area contributed by atoms with Crippen LogP contribution in [0.4, 0.5) is 19.2 Å². The molecule has 4 aliphatic rings. The Bertz CT molecular complexity index is 4110. The molecule has 0 radical (unpaired) electrons. The number of hydrogen-bond acceptors (Lipinski definition) is 28. The van der Waals surface area contributed by atoms with E-state index in [0.717, 1.165) is 53.7 Å². The molecule has 114 heavy (non-hydrogen) atoms. The van der Waals surface area contributed by atoms with E-state index >= 15 is 0 Å². The van der Waals surface area contributed by atoms with Crippen LogP contribution in [0, 0.1) is 22.7 Å². The Morgan fingerprint density at radius 2 is 0.912 bits per heavy atom. The van der Waals surface area contributed by atoms with Gasteiger partial charge < -0.3 is 76.0 Å². The number of ether oxygens (including phenoxy) is 9. The van der Waals surface area contributed by atoms with Gasteiger partial charge in [-0.25, -0.2) is 19.2 Å². The number of nitrogens with two attached hydrogens (primary N) is 1. The van der Waals surface area contributed by atoms with Crippen molar-refractivity contribution in [2.45, 2.75) is 223 Å². The molecule has 0 saturated heterocycles. The Kier molecular flexibility index (Phi) is 47.6. The number of carbonyl (C=O) groups is 5. The molecule has 0 unspecified atom stereocenters. The molecule has 37 heteroatoms. The molecule has 10 heterocycles. The normalized spacial score (nSPS) is 16.2. The SMILES string of the molecule is C.CC(C)(C)OC(=O)OC(=O)OC(C)(C)C.C[C@@H](N)CO.C[C@@H]1COc2c(Br)cncc2CN1.C[C@@H]1COc2c(Br)cncc2CN1C(=O)OC(C)(C)C.C[C@@H]1COc2c(C#N)cncc2CN1.C[C@@H]1COc2c(C#N)cncc2CN1C(=O)OC(C)(C)C.C[C@H](CO)NCc1cncc(Br)c1Cl.O=Cc1cncc(Br)c1Cl.[H-].[Na+]. The number of nitriles is 2. The Morgan fingerprint density at radius 3 is 1.32 bits per heavy atom. The summed E-state index contributed by atoms with van der Waals surface area (Å²) >= 11 is 25.0. The van der Waals surface area contributed by atoms with Crippen molar-refractivity contribution in [2.24, 2.45) is 5.73 Å². The number of carbonyl (C=O) groups excluding carboxylic acids is 5. The molecule has 0 spiro atoms. The van der Waals surface area contributed by atoms with Crippen molar-refractivity contribution < 1.29 is 108 Å². The Hall–Kier alpha value is -6.71. The summed E-state index contributed by atoms with van der Waals surface area (Å²) in [5, 5.41) is 45.6.